The van der Waals surface area contributed by atoms with Crippen molar-refractivity contribution in [3.63, 3.8) is 0 Å². The zero-order chi connectivity index (χ0) is 8.55. The molecule has 0 saturated carbocycles. The quantitative estimate of drug-likeness (QED) is 0.720. The van der Waals surface area contributed by atoms with Crippen LogP contribution in [0.2, 0.25) is 5.28 Å². The van der Waals surface area contributed by atoms with E-state index in [2.05, 4.69) is 9.97 Å². The van der Waals surface area contributed by atoms with Crippen LogP contribution in [0.25, 0.3) is 11.0 Å². The number of halogens is 1. The van der Waals surface area contributed by atoms with E-state index in [1.165, 1.54) is 0 Å². The highest BCUT2D eigenvalue weighted by Gasteiger charge is 2.04. The SMILES string of the molecule is [O]Cc1cccc2[nH]c(Cl)nc12. The summed E-state index contributed by atoms with van der Waals surface area (Å²) < 4.78 is 0. The Kier molecular flexibility index (Phi) is 1.75. The van der Waals surface area contributed by atoms with Gasteiger partial charge in [0, 0.05) is 5.56 Å². The summed E-state index contributed by atoms with van der Waals surface area (Å²) in [6.45, 7) is -0.265. The first-order valence-electron chi connectivity index (χ1n) is 3.52. The zero-order valence-corrected chi connectivity index (χ0v) is 6.93. The standard InChI is InChI=1S/C8H6ClN2O/c9-8-10-6-3-1-2-5(4-12)7(6)11-8/h1-3H,4H2,(H,10,11). The first kappa shape index (κ1) is 7.58. The van der Waals surface area contributed by atoms with E-state index >= 15 is 0 Å². The van der Waals surface area contributed by atoms with Gasteiger partial charge in [-0.2, -0.15) is 0 Å². The zero-order valence-electron chi connectivity index (χ0n) is 6.17. The third kappa shape index (κ3) is 1.07. The van der Waals surface area contributed by atoms with E-state index in [1.54, 1.807) is 6.07 Å². The smallest absolute Gasteiger partial charge is 0.201 e. The number of H-pyrrole nitrogens is 1. The molecule has 2 aromatic rings. The van der Waals surface area contributed by atoms with Gasteiger partial charge in [0.05, 0.1) is 11.0 Å². The average Bonchev–Trinajstić information content (AvgIpc) is 2.44. The van der Waals surface area contributed by atoms with Gasteiger partial charge in [0.1, 0.15) is 6.61 Å². The van der Waals surface area contributed by atoms with Crippen LogP contribution in [0.5, 0.6) is 0 Å². The van der Waals surface area contributed by atoms with E-state index in [9.17, 15) is 5.11 Å². The van der Waals surface area contributed by atoms with Crippen LogP contribution in [-0.2, 0) is 11.7 Å². The second kappa shape index (κ2) is 2.77. The molecule has 12 heavy (non-hydrogen) atoms. The number of nitrogens with zero attached hydrogens (tertiary/aromatic N) is 1. The van der Waals surface area contributed by atoms with E-state index in [-0.39, 0.29) is 6.61 Å². The molecule has 0 atom stereocenters. The first-order valence-corrected chi connectivity index (χ1v) is 3.90. The molecule has 1 aromatic heterocycles. The van der Waals surface area contributed by atoms with Crippen molar-refractivity contribution in [3.05, 3.63) is 29.0 Å². The highest BCUT2D eigenvalue weighted by Crippen LogP contribution is 2.18. The maximum Gasteiger partial charge on any atom is 0.201 e. The van der Waals surface area contributed by atoms with Gasteiger partial charge in [-0.3, -0.25) is 0 Å². The molecular weight excluding hydrogens is 176 g/mol. The summed E-state index contributed by atoms with van der Waals surface area (Å²) in [5.41, 5.74) is 2.17. The van der Waals surface area contributed by atoms with Crippen molar-refractivity contribution >= 4 is 22.6 Å². The van der Waals surface area contributed by atoms with E-state index in [0.717, 1.165) is 5.52 Å². The van der Waals surface area contributed by atoms with Gasteiger partial charge in [0.15, 0.2) is 0 Å². The number of nitrogens with one attached hydrogen (secondary N) is 1. The number of rotatable bonds is 1. The molecule has 1 aromatic carbocycles. The average molecular weight is 182 g/mol. The van der Waals surface area contributed by atoms with Crippen LogP contribution in [0.1, 0.15) is 5.56 Å². The van der Waals surface area contributed by atoms with Crippen LogP contribution >= 0.6 is 11.6 Å². The Balaban J connectivity index is 2.78. The third-order valence-electron chi connectivity index (χ3n) is 1.72. The summed E-state index contributed by atoms with van der Waals surface area (Å²) in [4.78, 5) is 6.84. The molecule has 61 valence electrons. The monoisotopic (exact) mass is 181 g/mol. The molecule has 2 rings (SSSR count). The lowest BCUT2D eigenvalue weighted by molar-refractivity contribution is 0.178. The first-order chi connectivity index (χ1) is 5.81. The van der Waals surface area contributed by atoms with Gasteiger partial charge < -0.3 is 4.98 Å². The Morgan fingerprint density at radius 3 is 3.08 bits per heavy atom. The summed E-state index contributed by atoms with van der Waals surface area (Å²) >= 11 is 5.64. The number of aromatic nitrogens is 2. The predicted octanol–water partition coefficient (Wildman–Crippen LogP) is 2.15. The van der Waals surface area contributed by atoms with Gasteiger partial charge in [-0.25, -0.2) is 10.1 Å². The van der Waals surface area contributed by atoms with Crippen molar-refractivity contribution in [2.45, 2.75) is 6.61 Å². The minimum atomic E-state index is -0.265. The molecule has 0 fully saturated rings. The summed E-state index contributed by atoms with van der Waals surface area (Å²) in [5.74, 6) is 0. The molecule has 0 aliphatic carbocycles. The number of para-hydroxylation sites is 1. The minimum absolute atomic E-state index is 0.265. The van der Waals surface area contributed by atoms with Crippen LogP contribution in [0, 0.1) is 0 Å². The Morgan fingerprint density at radius 2 is 2.33 bits per heavy atom. The van der Waals surface area contributed by atoms with Crippen molar-refractivity contribution in [2.24, 2.45) is 0 Å². The van der Waals surface area contributed by atoms with Gasteiger partial charge >= 0.3 is 0 Å². The highest BCUT2D eigenvalue weighted by atomic mass is 35.5. The predicted molar refractivity (Wildman–Crippen MR) is 45.5 cm³/mol. The lowest BCUT2D eigenvalue weighted by Gasteiger charge is -1.93. The van der Waals surface area contributed by atoms with Crippen LogP contribution in [0.15, 0.2) is 18.2 Å². The summed E-state index contributed by atoms with van der Waals surface area (Å²) in [6, 6.07) is 5.41. The number of hydrogen-bond acceptors (Lipinski definition) is 1. The van der Waals surface area contributed by atoms with E-state index in [0.29, 0.717) is 16.4 Å². The van der Waals surface area contributed by atoms with Crippen molar-refractivity contribution in [3.8, 4) is 0 Å². The fourth-order valence-corrected chi connectivity index (χ4v) is 1.36. The highest BCUT2D eigenvalue weighted by molar-refractivity contribution is 6.29. The molecule has 1 heterocycles. The second-order valence-corrected chi connectivity index (χ2v) is 2.84. The molecule has 0 amide bonds. The number of hydrogen-bond donors (Lipinski definition) is 1. The van der Waals surface area contributed by atoms with E-state index < -0.39 is 0 Å². The van der Waals surface area contributed by atoms with Gasteiger partial charge in [0.25, 0.3) is 0 Å². The van der Waals surface area contributed by atoms with Crippen LogP contribution in [-0.4, -0.2) is 9.97 Å². The Morgan fingerprint density at radius 1 is 1.50 bits per heavy atom. The van der Waals surface area contributed by atoms with Crippen molar-refractivity contribution in [1.82, 2.24) is 9.97 Å². The van der Waals surface area contributed by atoms with E-state index in [1.807, 2.05) is 12.1 Å². The largest absolute Gasteiger partial charge is 0.329 e. The number of fused-ring (bicyclic) bond motifs is 1. The Hall–Kier alpha value is -1.06. The number of imidazole rings is 1. The topological polar surface area (TPSA) is 48.6 Å². The summed E-state index contributed by atoms with van der Waals surface area (Å²) in [7, 11) is 0. The van der Waals surface area contributed by atoms with Crippen LogP contribution < -0.4 is 0 Å². The Bertz CT molecular complexity index is 410. The number of aromatic amines is 1. The Labute approximate surface area is 74.0 Å². The molecule has 0 saturated heterocycles. The summed E-state index contributed by atoms with van der Waals surface area (Å²) in [6.07, 6.45) is 0. The molecule has 0 aliphatic heterocycles. The molecule has 1 N–H and O–H groups in total. The van der Waals surface area contributed by atoms with Gasteiger partial charge in [-0.1, -0.05) is 12.1 Å². The molecule has 1 radical (unpaired) electrons. The maximum atomic E-state index is 10.7. The molecule has 0 aliphatic rings. The molecule has 4 heteroatoms. The normalized spacial score (nSPS) is 10.8. The lowest BCUT2D eigenvalue weighted by atomic mass is 10.2. The van der Waals surface area contributed by atoms with Crippen molar-refractivity contribution in [2.75, 3.05) is 0 Å². The van der Waals surface area contributed by atoms with Crippen LogP contribution in [0.4, 0.5) is 0 Å². The molecule has 3 nitrogen and oxygen atoms in total. The van der Waals surface area contributed by atoms with Crippen molar-refractivity contribution < 1.29 is 5.11 Å². The van der Waals surface area contributed by atoms with Gasteiger partial charge in [0.2, 0.25) is 5.28 Å². The molecular formula is C8H6ClN2O. The maximum absolute atomic E-state index is 10.7. The van der Waals surface area contributed by atoms with E-state index in [4.69, 9.17) is 11.6 Å². The molecule has 0 spiro atoms. The van der Waals surface area contributed by atoms with Crippen LogP contribution in [0.3, 0.4) is 0 Å². The molecule has 0 unspecified atom stereocenters. The lowest BCUT2D eigenvalue weighted by Crippen LogP contribution is -1.82. The van der Waals surface area contributed by atoms with Gasteiger partial charge in [-0.05, 0) is 17.7 Å². The number of benzene rings is 1. The second-order valence-electron chi connectivity index (χ2n) is 2.49. The fraction of sp³-hybridized carbons (Fsp3) is 0.125. The minimum Gasteiger partial charge on any atom is -0.329 e. The third-order valence-corrected chi connectivity index (χ3v) is 1.90. The van der Waals surface area contributed by atoms with Gasteiger partial charge in [-0.15, -0.1) is 0 Å². The summed E-state index contributed by atoms with van der Waals surface area (Å²) in [5, 5.41) is 11.0. The fourth-order valence-electron chi connectivity index (χ4n) is 1.18. The molecule has 0 bridgehead atoms. The van der Waals surface area contributed by atoms with Crippen molar-refractivity contribution in [1.29, 1.82) is 0 Å².